The standard InChI is InChI=1S/C20H32NO5P/c22-20(21-16-19(17-21)26-27(23,24)25)15-11-6-4-2-1-3-5-8-12-18-13-9-7-10-14-18/h7,9-10,13-14,19H,1-6,8,11-12,15-17H2,(H2,23,24,25). The molecular weight excluding hydrogens is 365 g/mol. The molecular formula is C20H32NO5P. The van der Waals surface area contributed by atoms with E-state index in [0.717, 1.165) is 19.3 Å². The Labute approximate surface area is 162 Å². The molecule has 0 spiro atoms. The third kappa shape index (κ3) is 9.52. The number of amides is 1. The Bertz CT molecular complexity index is 598. The lowest BCUT2D eigenvalue weighted by Gasteiger charge is -2.38. The zero-order valence-electron chi connectivity index (χ0n) is 16.0. The number of rotatable bonds is 13. The van der Waals surface area contributed by atoms with E-state index in [9.17, 15) is 9.36 Å². The number of aryl methyl sites for hydroxylation is 1. The fraction of sp³-hybridized carbons (Fsp3) is 0.650. The van der Waals surface area contributed by atoms with E-state index in [-0.39, 0.29) is 19.0 Å². The van der Waals surface area contributed by atoms with Crippen molar-refractivity contribution in [2.75, 3.05) is 13.1 Å². The van der Waals surface area contributed by atoms with Crippen LogP contribution in [0.2, 0.25) is 0 Å². The molecule has 0 aliphatic carbocycles. The topological polar surface area (TPSA) is 87.1 Å². The first-order chi connectivity index (χ1) is 12.9. The summed E-state index contributed by atoms with van der Waals surface area (Å²) in [6.07, 6.45) is 10.5. The van der Waals surface area contributed by atoms with Crippen molar-refractivity contribution in [2.45, 2.75) is 70.3 Å². The van der Waals surface area contributed by atoms with Crippen LogP contribution in [0.15, 0.2) is 30.3 Å². The van der Waals surface area contributed by atoms with Crippen LogP contribution in [-0.4, -0.2) is 39.8 Å². The third-order valence-corrected chi connectivity index (χ3v) is 5.51. The molecule has 6 nitrogen and oxygen atoms in total. The lowest BCUT2D eigenvalue weighted by Crippen LogP contribution is -2.54. The first-order valence-corrected chi connectivity index (χ1v) is 11.5. The van der Waals surface area contributed by atoms with Crippen molar-refractivity contribution in [1.82, 2.24) is 4.90 Å². The molecule has 1 aliphatic rings. The van der Waals surface area contributed by atoms with E-state index in [1.807, 2.05) is 0 Å². The van der Waals surface area contributed by atoms with Crippen molar-refractivity contribution in [3.63, 3.8) is 0 Å². The highest BCUT2D eigenvalue weighted by Crippen LogP contribution is 2.39. The monoisotopic (exact) mass is 397 g/mol. The summed E-state index contributed by atoms with van der Waals surface area (Å²) in [6.45, 7) is 0.569. The molecule has 2 rings (SSSR count). The van der Waals surface area contributed by atoms with Gasteiger partial charge >= 0.3 is 7.82 Å². The maximum absolute atomic E-state index is 11.9. The zero-order chi connectivity index (χ0) is 19.5. The van der Waals surface area contributed by atoms with Crippen LogP contribution >= 0.6 is 7.82 Å². The average molecular weight is 397 g/mol. The predicted molar refractivity (Wildman–Crippen MR) is 105 cm³/mol. The largest absolute Gasteiger partial charge is 0.469 e. The summed E-state index contributed by atoms with van der Waals surface area (Å²) >= 11 is 0. The Morgan fingerprint density at radius 1 is 0.963 bits per heavy atom. The second kappa shape index (κ2) is 11.6. The molecule has 0 saturated carbocycles. The fourth-order valence-corrected chi connectivity index (χ4v) is 3.89. The van der Waals surface area contributed by atoms with E-state index < -0.39 is 13.9 Å². The quantitative estimate of drug-likeness (QED) is 0.387. The van der Waals surface area contributed by atoms with Gasteiger partial charge in [-0.2, -0.15) is 0 Å². The minimum Gasteiger partial charge on any atom is -0.337 e. The minimum absolute atomic E-state index is 0.0569. The highest BCUT2D eigenvalue weighted by atomic mass is 31.2. The summed E-state index contributed by atoms with van der Waals surface area (Å²) in [5, 5.41) is 0. The number of hydrogen-bond donors (Lipinski definition) is 2. The molecule has 1 amide bonds. The van der Waals surface area contributed by atoms with Gasteiger partial charge in [-0.1, -0.05) is 68.9 Å². The Morgan fingerprint density at radius 3 is 2.11 bits per heavy atom. The van der Waals surface area contributed by atoms with Crippen LogP contribution in [-0.2, 0) is 20.3 Å². The molecule has 2 N–H and O–H groups in total. The van der Waals surface area contributed by atoms with Crippen molar-refractivity contribution in [2.24, 2.45) is 0 Å². The second-order valence-electron chi connectivity index (χ2n) is 7.33. The van der Waals surface area contributed by atoms with E-state index in [1.165, 1.54) is 44.1 Å². The number of phosphoric acid groups is 1. The summed E-state index contributed by atoms with van der Waals surface area (Å²) in [5.74, 6) is 0.0569. The van der Waals surface area contributed by atoms with Gasteiger partial charge in [0.15, 0.2) is 0 Å². The van der Waals surface area contributed by atoms with Gasteiger partial charge in [0.2, 0.25) is 5.91 Å². The summed E-state index contributed by atoms with van der Waals surface area (Å²) in [7, 11) is -4.44. The second-order valence-corrected chi connectivity index (χ2v) is 8.52. The number of carbonyl (C=O) groups excluding carboxylic acids is 1. The fourth-order valence-electron chi connectivity index (χ4n) is 3.37. The Kier molecular flexibility index (Phi) is 9.49. The lowest BCUT2D eigenvalue weighted by molar-refractivity contribution is -0.140. The molecule has 7 heteroatoms. The average Bonchev–Trinajstić information content (AvgIpc) is 2.59. The molecule has 1 fully saturated rings. The highest BCUT2D eigenvalue weighted by molar-refractivity contribution is 7.46. The van der Waals surface area contributed by atoms with Crippen molar-refractivity contribution >= 4 is 13.7 Å². The van der Waals surface area contributed by atoms with Crippen LogP contribution in [0.25, 0.3) is 0 Å². The molecule has 27 heavy (non-hydrogen) atoms. The van der Waals surface area contributed by atoms with Crippen molar-refractivity contribution in [1.29, 1.82) is 0 Å². The molecule has 0 radical (unpaired) electrons. The van der Waals surface area contributed by atoms with Gasteiger partial charge < -0.3 is 14.7 Å². The van der Waals surface area contributed by atoms with Crippen molar-refractivity contribution in [3.05, 3.63) is 35.9 Å². The van der Waals surface area contributed by atoms with Gasteiger partial charge in [-0.05, 0) is 24.8 Å². The van der Waals surface area contributed by atoms with Crippen LogP contribution in [0.5, 0.6) is 0 Å². The van der Waals surface area contributed by atoms with Gasteiger partial charge in [-0.25, -0.2) is 4.57 Å². The summed E-state index contributed by atoms with van der Waals surface area (Å²) in [6, 6.07) is 10.6. The van der Waals surface area contributed by atoms with Crippen LogP contribution in [0.1, 0.15) is 63.4 Å². The van der Waals surface area contributed by atoms with E-state index in [0.29, 0.717) is 6.42 Å². The number of unbranched alkanes of at least 4 members (excludes halogenated alkanes) is 7. The molecule has 1 aromatic carbocycles. The molecule has 0 aromatic heterocycles. The van der Waals surface area contributed by atoms with Crippen LogP contribution in [0, 0.1) is 0 Å². The molecule has 1 heterocycles. The zero-order valence-corrected chi connectivity index (χ0v) is 16.9. The van der Waals surface area contributed by atoms with Gasteiger partial charge in [-0.15, -0.1) is 0 Å². The molecule has 1 aliphatic heterocycles. The molecule has 1 aromatic rings. The number of likely N-dealkylation sites (tertiary alicyclic amines) is 1. The van der Waals surface area contributed by atoms with Crippen molar-refractivity contribution in [3.8, 4) is 0 Å². The number of benzene rings is 1. The van der Waals surface area contributed by atoms with Gasteiger partial charge in [-0.3, -0.25) is 9.32 Å². The maximum atomic E-state index is 11.9. The Hall–Kier alpha value is -1.20. The summed E-state index contributed by atoms with van der Waals surface area (Å²) in [5.41, 5.74) is 1.42. The summed E-state index contributed by atoms with van der Waals surface area (Å²) in [4.78, 5) is 31.0. The molecule has 0 unspecified atom stereocenters. The van der Waals surface area contributed by atoms with E-state index in [2.05, 4.69) is 34.9 Å². The minimum atomic E-state index is -4.44. The van der Waals surface area contributed by atoms with Crippen LogP contribution in [0.4, 0.5) is 0 Å². The number of hydrogen-bond acceptors (Lipinski definition) is 3. The van der Waals surface area contributed by atoms with Crippen LogP contribution < -0.4 is 0 Å². The van der Waals surface area contributed by atoms with Gasteiger partial charge in [0.1, 0.15) is 6.10 Å². The molecule has 1 saturated heterocycles. The number of nitrogens with zero attached hydrogens (tertiary/aromatic N) is 1. The van der Waals surface area contributed by atoms with E-state index >= 15 is 0 Å². The highest BCUT2D eigenvalue weighted by Gasteiger charge is 2.35. The SMILES string of the molecule is O=C(CCCCCCCCCCc1ccccc1)N1CC(OP(=O)(O)O)C1. The number of phosphoric ester groups is 1. The van der Waals surface area contributed by atoms with Crippen molar-refractivity contribution < 1.29 is 23.7 Å². The first kappa shape index (κ1) is 22.1. The molecule has 0 atom stereocenters. The Balaban J connectivity index is 1.37. The normalized spacial score (nSPS) is 15.0. The molecule has 0 bridgehead atoms. The van der Waals surface area contributed by atoms with Crippen LogP contribution in [0.3, 0.4) is 0 Å². The number of carbonyl (C=O) groups is 1. The smallest absolute Gasteiger partial charge is 0.337 e. The maximum Gasteiger partial charge on any atom is 0.469 e. The van der Waals surface area contributed by atoms with E-state index in [4.69, 9.17) is 9.79 Å². The first-order valence-electron chi connectivity index (χ1n) is 10.00. The molecule has 152 valence electrons. The predicted octanol–water partition coefficient (Wildman–Crippen LogP) is 4.06. The van der Waals surface area contributed by atoms with Gasteiger partial charge in [0.25, 0.3) is 0 Å². The summed E-state index contributed by atoms with van der Waals surface area (Å²) < 4.78 is 15.2. The Morgan fingerprint density at radius 2 is 1.52 bits per heavy atom. The third-order valence-electron chi connectivity index (χ3n) is 4.94. The van der Waals surface area contributed by atoms with E-state index in [1.54, 1.807) is 4.90 Å². The lowest BCUT2D eigenvalue weighted by atomic mass is 10.0. The van der Waals surface area contributed by atoms with Gasteiger partial charge in [0.05, 0.1) is 0 Å². The van der Waals surface area contributed by atoms with Gasteiger partial charge in [0, 0.05) is 19.5 Å².